The molecule has 3 nitrogen and oxygen atoms in total. The minimum atomic E-state index is 0.373. The minimum absolute atomic E-state index is 0.373. The minimum Gasteiger partial charge on any atom is -0.470 e. The van der Waals surface area contributed by atoms with Crippen molar-refractivity contribution in [2.24, 2.45) is 0 Å². The molecule has 0 bridgehead atoms. The molecule has 0 fully saturated rings. The van der Waals surface area contributed by atoms with E-state index in [0.717, 1.165) is 11.4 Å². The van der Waals surface area contributed by atoms with E-state index in [-0.39, 0.29) is 0 Å². The molecule has 0 spiro atoms. The summed E-state index contributed by atoms with van der Waals surface area (Å²) in [4.78, 5) is 8.36. The second-order valence-electron chi connectivity index (χ2n) is 3.35. The van der Waals surface area contributed by atoms with Crippen molar-refractivity contribution in [3.63, 3.8) is 0 Å². The van der Waals surface area contributed by atoms with Gasteiger partial charge in [-0.3, -0.25) is 4.98 Å². The molecule has 0 radical (unpaired) electrons. The van der Waals surface area contributed by atoms with E-state index in [9.17, 15) is 0 Å². The third-order valence-corrected chi connectivity index (χ3v) is 2.32. The first-order valence-electron chi connectivity index (χ1n) is 4.91. The summed E-state index contributed by atoms with van der Waals surface area (Å²) in [6.07, 6.45) is 1.64. The molecular weight excluding hydrogens is 224 g/mol. The van der Waals surface area contributed by atoms with Crippen molar-refractivity contribution in [2.75, 3.05) is 0 Å². The second kappa shape index (κ2) is 4.94. The number of hydrogen-bond donors (Lipinski definition) is 0. The first kappa shape index (κ1) is 10.9. The molecule has 0 aromatic carbocycles. The van der Waals surface area contributed by atoms with Gasteiger partial charge in [-0.15, -0.1) is 0 Å². The lowest BCUT2D eigenvalue weighted by Gasteiger charge is -2.06. The highest BCUT2D eigenvalue weighted by Crippen LogP contribution is 2.20. The van der Waals surface area contributed by atoms with Gasteiger partial charge in [-0.2, -0.15) is 0 Å². The third kappa shape index (κ3) is 2.70. The van der Waals surface area contributed by atoms with Crippen molar-refractivity contribution in [1.82, 2.24) is 9.97 Å². The molecule has 2 heterocycles. The van der Waals surface area contributed by atoms with Crippen LogP contribution in [-0.2, 0) is 6.61 Å². The third-order valence-electron chi connectivity index (χ3n) is 2.03. The predicted molar refractivity (Wildman–Crippen MR) is 62.6 cm³/mol. The van der Waals surface area contributed by atoms with Crippen molar-refractivity contribution in [2.45, 2.75) is 13.5 Å². The second-order valence-corrected chi connectivity index (χ2v) is 3.76. The molecule has 0 atom stereocenters. The lowest BCUT2D eigenvalue weighted by Crippen LogP contribution is -2.00. The van der Waals surface area contributed by atoms with Crippen LogP contribution in [0, 0.1) is 6.92 Å². The predicted octanol–water partition coefficient (Wildman–Crippen LogP) is 3.02. The van der Waals surface area contributed by atoms with Crippen LogP contribution in [0.3, 0.4) is 0 Å². The van der Waals surface area contributed by atoms with Gasteiger partial charge in [-0.1, -0.05) is 17.7 Å². The zero-order chi connectivity index (χ0) is 11.4. The number of halogens is 1. The highest BCUT2D eigenvalue weighted by atomic mass is 35.5. The van der Waals surface area contributed by atoms with Crippen molar-refractivity contribution in [1.29, 1.82) is 0 Å². The van der Waals surface area contributed by atoms with Crippen LogP contribution >= 0.6 is 11.6 Å². The Morgan fingerprint density at radius 1 is 1.25 bits per heavy atom. The topological polar surface area (TPSA) is 35.0 Å². The summed E-state index contributed by atoms with van der Waals surface area (Å²) in [6.45, 7) is 2.32. The van der Waals surface area contributed by atoms with Crippen LogP contribution in [-0.4, -0.2) is 9.97 Å². The number of rotatable bonds is 3. The van der Waals surface area contributed by atoms with E-state index in [1.807, 2.05) is 25.1 Å². The van der Waals surface area contributed by atoms with E-state index in [0.29, 0.717) is 17.5 Å². The van der Waals surface area contributed by atoms with Crippen LogP contribution in [0.4, 0.5) is 0 Å². The van der Waals surface area contributed by atoms with Gasteiger partial charge in [0.25, 0.3) is 0 Å². The lowest BCUT2D eigenvalue weighted by atomic mass is 10.3. The molecular formula is C12H11ClN2O. The van der Waals surface area contributed by atoms with Gasteiger partial charge in [-0.25, -0.2) is 4.98 Å². The van der Waals surface area contributed by atoms with Gasteiger partial charge < -0.3 is 4.74 Å². The van der Waals surface area contributed by atoms with Crippen LogP contribution in [0.1, 0.15) is 11.4 Å². The van der Waals surface area contributed by atoms with E-state index in [1.54, 1.807) is 18.3 Å². The monoisotopic (exact) mass is 234 g/mol. The normalized spacial score (nSPS) is 10.1. The van der Waals surface area contributed by atoms with E-state index in [4.69, 9.17) is 16.3 Å². The molecule has 82 valence electrons. The highest BCUT2D eigenvalue weighted by Gasteiger charge is 2.02. The van der Waals surface area contributed by atoms with Crippen LogP contribution in [0.5, 0.6) is 5.88 Å². The number of ether oxygens (including phenoxy) is 1. The Bertz CT molecular complexity index is 488. The van der Waals surface area contributed by atoms with Crippen molar-refractivity contribution in [3.05, 3.63) is 52.9 Å². The van der Waals surface area contributed by atoms with E-state index < -0.39 is 0 Å². The van der Waals surface area contributed by atoms with Crippen molar-refractivity contribution >= 4 is 11.6 Å². The van der Waals surface area contributed by atoms with Gasteiger partial charge in [0, 0.05) is 11.9 Å². The maximum absolute atomic E-state index is 5.91. The quantitative estimate of drug-likeness (QED) is 0.819. The molecule has 0 aliphatic rings. The van der Waals surface area contributed by atoms with Gasteiger partial charge >= 0.3 is 0 Å². The van der Waals surface area contributed by atoms with Crippen LogP contribution in [0.25, 0.3) is 0 Å². The van der Waals surface area contributed by atoms with Crippen molar-refractivity contribution in [3.8, 4) is 5.88 Å². The van der Waals surface area contributed by atoms with Gasteiger partial charge in [-0.05, 0) is 31.2 Å². The molecule has 4 heteroatoms. The maximum Gasteiger partial charge on any atom is 0.232 e. The Labute approximate surface area is 99.1 Å². The zero-order valence-electron chi connectivity index (χ0n) is 8.85. The molecule has 0 aliphatic heterocycles. The molecule has 0 N–H and O–H groups in total. The summed E-state index contributed by atoms with van der Waals surface area (Å²) in [6, 6.07) is 9.30. The Hall–Kier alpha value is -1.61. The Balaban J connectivity index is 2.05. The molecule has 16 heavy (non-hydrogen) atoms. The summed E-state index contributed by atoms with van der Waals surface area (Å²) in [5.41, 5.74) is 1.83. The summed E-state index contributed by atoms with van der Waals surface area (Å²) in [5.74, 6) is 0.437. The smallest absolute Gasteiger partial charge is 0.232 e. The summed E-state index contributed by atoms with van der Waals surface area (Å²) in [7, 11) is 0. The fraction of sp³-hybridized carbons (Fsp3) is 0.167. The number of hydrogen-bond acceptors (Lipinski definition) is 3. The maximum atomic E-state index is 5.91. The highest BCUT2D eigenvalue weighted by molar-refractivity contribution is 6.31. The van der Waals surface area contributed by atoms with Gasteiger partial charge in [0.2, 0.25) is 5.88 Å². The van der Waals surface area contributed by atoms with E-state index in [2.05, 4.69) is 9.97 Å². The zero-order valence-corrected chi connectivity index (χ0v) is 9.61. The largest absolute Gasteiger partial charge is 0.470 e. The average Bonchev–Trinajstić information content (AvgIpc) is 2.28. The Kier molecular flexibility index (Phi) is 3.37. The molecule has 0 saturated carbocycles. The SMILES string of the molecule is Cc1cccc(COc2ncccc2Cl)n1. The number of pyridine rings is 2. The van der Waals surface area contributed by atoms with Crippen LogP contribution < -0.4 is 4.74 Å². The Morgan fingerprint density at radius 2 is 2.12 bits per heavy atom. The lowest BCUT2D eigenvalue weighted by molar-refractivity contribution is 0.289. The average molecular weight is 235 g/mol. The summed E-state index contributed by atoms with van der Waals surface area (Å²) in [5, 5.41) is 0.509. The Morgan fingerprint density at radius 3 is 2.88 bits per heavy atom. The van der Waals surface area contributed by atoms with Crippen molar-refractivity contribution < 1.29 is 4.74 Å². The fourth-order valence-corrected chi connectivity index (χ4v) is 1.48. The van der Waals surface area contributed by atoms with Gasteiger partial charge in [0.05, 0.1) is 5.69 Å². The van der Waals surface area contributed by atoms with Crippen LogP contribution in [0.15, 0.2) is 36.5 Å². The molecule has 0 amide bonds. The standard InChI is InChI=1S/C12H11ClN2O/c1-9-4-2-5-10(15-9)8-16-12-11(13)6-3-7-14-12/h2-7H,8H2,1H3. The first-order valence-corrected chi connectivity index (χ1v) is 5.29. The van der Waals surface area contributed by atoms with Gasteiger partial charge in [0.1, 0.15) is 11.6 Å². The molecule has 0 saturated heterocycles. The fourth-order valence-electron chi connectivity index (χ4n) is 1.30. The molecule has 2 aromatic rings. The molecule has 0 aliphatic carbocycles. The van der Waals surface area contributed by atoms with Crippen LogP contribution in [0.2, 0.25) is 5.02 Å². The number of nitrogens with zero attached hydrogens (tertiary/aromatic N) is 2. The van der Waals surface area contributed by atoms with E-state index in [1.165, 1.54) is 0 Å². The number of aryl methyl sites for hydroxylation is 1. The summed E-state index contributed by atoms with van der Waals surface area (Å²) >= 11 is 5.91. The molecule has 2 rings (SSSR count). The first-order chi connectivity index (χ1) is 7.75. The molecule has 2 aromatic heterocycles. The van der Waals surface area contributed by atoms with Gasteiger partial charge in [0.15, 0.2) is 0 Å². The van der Waals surface area contributed by atoms with E-state index >= 15 is 0 Å². The summed E-state index contributed by atoms with van der Waals surface area (Å²) < 4.78 is 5.47. The molecule has 0 unspecified atom stereocenters. The number of aromatic nitrogens is 2.